The zero-order chi connectivity index (χ0) is 31.5. The van der Waals surface area contributed by atoms with Crippen molar-refractivity contribution in [3.63, 3.8) is 0 Å². The maximum absolute atomic E-state index is 12.5. The van der Waals surface area contributed by atoms with Crippen LogP contribution < -0.4 is 21.3 Å². The first-order valence-corrected chi connectivity index (χ1v) is 14.7. The maximum atomic E-state index is 12.5. The number of nitrogen functional groups attached to an aromatic ring is 1. The minimum Gasteiger partial charge on any atom is -0.492 e. The summed E-state index contributed by atoms with van der Waals surface area (Å²) in [5.74, 6) is 5.60. The van der Waals surface area contributed by atoms with E-state index in [2.05, 4.69) is 47.7 Å². The van der Waals surface area contributed by atoms with Gasteiger partial charge in [-0.2, -0.15) is 0 Å². The topological polar surface area (TPSA) is 118 Å². The number of hydrogen-bond donors (Lipinski definition) is 3. The lowest BCUT2D eigenvalue weighted by Gasteiger charge is -2.33. The summed E-state index contributed by atoms with van der Waals surface area (Å²) >= 11 is 0. The van der Waals surface area contributed by atoms with E-state index in [4.69, 9.17) is 16.3 Å². The van der Waals surface area contributed by atoms with Gasteiger partial charge in [0, 0.05) is 49.7 Å². The molecule has 1 aromatic heterocycles. The van der Waals surface area contributed by atoms with E-state index in [9.17, 15) is 9.90 Å². The van der Waals surface area contributed by atoms with E-state index in [1.807, 2.05) is 44.3 Å². The van der Waals surface area contributed by atoms with Gasteiger partial charge >= 0.3 is 5.97 Å². The molecule has 0 bridgehead atoms. The van der Waals surface area contributed by atoms with Crippen molar-refractivity contribution in [3.8, 4) is 5.75 Å². The highest BCUT2D eigenvalue weighted by molar-refractivity contribution is 5.81. The number of carboxylic acids is 1. The highest BCUT2D eigenvalue weighted by atomic mass is 16.5. The third kappa shape index (κ3) is 6.92. The fourth-order valence-electron chi connectivity index (χ4n) is 5.68. The standard InChI is InChI=1S/C35H45N5O3/c1-8-22(2)27(20-40-14-15-43-32-19-26-10-9-13-38-30(26)18-28(32)21-40)16-23(3)29(35(5,6)34(41)42)17-25-11-12-31(39(7)37)33(36)24(25)4/h8-13,16,18-19,29H,3,14-15,17,20-21,36-37H2,1-2,4-7H3,(H,41,42)/b22-8-,27-16-. The molecule has 0 aliphatic carbocycles. The van der Waals surface area contributed by atoms with E-state index >= 15 is 0 Å². The average Bonchev–Trinajstić information content (AvgIpc) is 3.16. The first-order chi connectivity index (χ1) is 20.3. The van der Waals surface area contributed by atoms with Gasteiger partial charge < -0.3 is 20.6 Å². The number of hydrazine groups is 1. The van der Waals surface area contributed by atoms with Gasteiger partial charge in [-0.1, -0.05) is 42.0 Å². The van der Waals surface area contributed by atoms with E-state index in [0.717, 1.165) is 62.3 Å². The second-order valence-electron chi connectivity index (χ2n) is 12.1. The van der Waals surface area contributed by atoms with E-state index < -0.39 is 11.4 Å². The van der Waals surface area contributed by atoms with Crippen LogP contribution in [-0.2, 0) is 17.8 Å². The molecule has 1 unspecified atom stereocenters. The number of pyridine rings is 1. The predicted octanol–water partition coefficient (Wildman–Crippen LogP) is 6.05. The van der Waals surface area contributed by atoms with E-state index in [0.29, 0.717) is 31.8 Å². The number of nitrogens with two attached hydrogens (primary N) is 2. The molecule has 1 aliphatic rings. The summed E-state index contributed by atoms with van der Waals surface area (Å²) < 4.78 is 6.15. The molecule has 2 aromatic carbocycles. The summed E-state index contributed by atoms with van der Waals surface area (Å²) in [6.45, 7) is 16.8. The number of allylic oxidation sites excluding steroid dienone is 3. The summed E-state index contributed by atoms with van der Waals surface area (Å²) in [6.07, 6.45) is 6.46. The lowest BCUT2D eigenvalue weighted by molar-refractivity contribution is -0.149. The van der Waals surface area contributed by atoms with Gasteiger partial charge in [0.05, 0.1) is 22.3 Å². The van der Waals surface area contributed by atoms with Crippen LogP contribution in [0.15, 0.2) is 78.0 Å². The monoisotopic (exact) mass is 583 g/mol. The van der Waals surface area contributed by atoms with Crippen LogP contribution in [0.25, 0.3) is 10.9 Å². The number of carboxylic acid groups (broad SMARTS) is 1. The van der Waals surface area contributed by atoms with Gasteiger partial charge in [-0.3, -0.25) is 14.7 Å². The molecule has 8 nitrogen and oxygen atoms in total. The quantitative estimate of drug-likeness (QED) is 0.114. The third-order valence-corrected chi connectivity index (χ3v) is 8.82. The molecular weight excluding hydrogens is 538 g/mol. The Morgan fingerprint density at radius 3 is 2.72 bits per heavy atom. The van der Waals surface area contributed by atoms with Crippen LogP contribution in [-0.4, -0.2) is 47.7 Å². The van der Waals surface area contributed by atoms with E-state index in [1.165, 1.54) is 5.01 Å². The minimum absolute atomic E-state index is 0.380. The molecule has 0 radical (unpaired) electrons. The van der Waals surface area contributed by atoms with E-state index in [-0.39, 0.29) is 5.92 Å². The molecule has 0 saturated heterocycles. The number of benzene rings is 2. The lowest BCUT2D eigenvalue weighted by atomic mass is 9.71. The largest absolute Gasteiger partial charge is 0.492 e. The average molecular weight is 584 g/mol. The number of nitrogens with zero attached hydrogens (tertiary/aromatic N) is 3. The Labute approximate surface area is 255 Å². The first-order valence-electron chi connectivity index (χ1n) is 14.7. The van der Waals surface area contributed by atoms with Gasteiger partial charge in [0.15, 0.2) is 0 Å². The van der Waals surface area contributed by atoms with Crippen LogP contribution in [0.5, 0.6) is 5.75 Å². The minimum atomic E-state index is -1.07. The van der Waals surface area contributed by atoms with Gasteiger partial charge in [0.2, 0.25) is 0 Å². The summed E-state index contributed by atoms with van der Waals surface area (Å²) in [7, 11) is 1.74. The van der Waals surface area contributed by atoms with Gasteiger partial charge in [0.1, 0.15) is 12.4 Å². The molecule has 0 fully saturated rings. The Balaban J connectivity index is 1.66. The molecule has 0 saturated carbocycles. The lowest BCUT2D eigenvalue weighted by Crippen LogP contribution is -2.35. The third-order valence-electron chi connectivity index (χ3n) is 8.82. The van der Waals surface area contributed by atoms with Crippen molar-refractivity contribution in [1.82, 2.24) is 9.88 Å². The van der Waals surface area contributed by atoms with Gasteiger partial charge in [-0.05, 0) is 82.0 Å². The van der Waals surface area contributed by atoms with Crippen LogP contribution in [0, 0.1) is 18.3 Å². The zero-order valence-electron chi connectivity index (χ0n) is 26.3. The number of aromatic nitrogens is 1. The SMILES string of the molecule is C=C(/C=C(CN1CCOc2cc3cccnc3cc2C1)\C(C)=C/C)C(Cc1ccc(N(C)N)c(N)c1C)C(C)(C)C(=O)O. The Morgan fingerprint density at radius 1 is 1.30 bits per heavy atom. The van der Waals surface area contributed by atoms with Crippen LogP contribution in [0.3, 0.4) is 0 Å². The van der Waals surface area contributed by atoms with Crippen molar-refractivity contribution >= 4 is 28.2 Å². The maximum Gasteiger partial charge on any atom is 0.309 e. The fourth-order valence-corrected chi connectivity index (χ4v) is 5.68. The molecule has 0 spiro atoms. The number of hydrogen-bond acceptors (Lipinski definition) is 7. The second kappa shape index (κ2) is 13.0. The van der Waals surface area contributed by atoms with Crippen molar-refractivity contribution in [2.24, 2.45) is 17.2 Å². The number of aliphatic carboxylic acids is 1. The molecule has 228 valence electrons. The van der Waals surface area contributed by atoms with Crippen LogP contribution >= 0.6 is 0 Å². The molecule has 1 aliphatic heterocycles. The fraction of sp³-hybridized carbons (Fsp3) is 0.371. The Kier molecular flexibility index (Phi) is 9.62. The molecule has 4 rings (SSSR count). The predicted molar refractivity (Wildman–Crippen MR) is 176 cm³/mol. The van der Waals surface area contributed by atoms with Gasteiger partial charge in [-0.15, -0.1) is 0 Å². The number of anilines is 2. The Hall–Kier alpha value is -4.14. The molecule has 43 heavy (non-hydrogen) atoms. The van der Waals surface area contributed by atoms with Crippen LogP contribution in [0.1, 0.15) is 44.4 Å². The molecule has 1 atom stereocenters. The normalized spacial score (nSPS) is 15.4. The summed E-state index contributed by atoms with van der Waals surface area (Å²) in [6, 6.07) is 12.0. The molecule has 2 heterocycles. The zero-order valence-corrected chi connectivity index (χ0v) is 26.3. The Bertz CT molecular complexity index is 1590. The molecule has 3 aromatic rings. The van der Waals surface area contributed by atoms with Crippen molar-refractivity contribution in [2.45, 2.75) is 47.6 Å². The van der Waals surface area contributed by atoms with Crippen molar-refractivity contribution in [3.05, 3.63) is 94.7 Å². The Morgan fingerprint density at radius 2 is 2.05 bits per heavy atom. The highest BCUT2D eigenvalue weighted by Crippen LogP contribution is 2.39. The summed E-state index contributed by atoms with van der Waals surface area (Å²) in [4.78, 5) is 19.4. The summed E-state index contributed by atoms with van der Waals surface area (Å²) in [5, 5.41) is 12.8. The smallest absolute Gasteiger partial charge is 0.309 e. The van der Waals surface area contributed by atoms with Gasteiger partial charge in [0.25, 0.3) is 0 Å². The van der Waals surface area contributed by atoms with Crippen LogP contribution in [0.2, 0.25) is 0 Å². The molecule has 5 N–H and O–H groups in total. The van der Waals surface area contributed by atoms with E-state index in [1.54, 1.807) is 20.9 Å². The first kappa shape index (κ1) is 31.8. The van der Waals surface area contributed by atoms with Crippen molar-refractivity contribution in [2.75, 3.05) is 37.5 Å². The van der Waals surface area contributed by atoms with Crippen LogP contribution in [0.4, 0.5) is 11.4 Å². The highest BCUT2D eigenvalue weighted by Gasteiger charge is 2.38. The molecule has 8 heteroatoms. The van der Waals surface area contributed by atoms with Crippen molar-refractivity contribution in [1.29, 1.82) is 0 Å². The summed E-state index contributed by atoms with van der Waals surface area (Å²) in [5.41, 5.74) is 13.6. The molecular formula is C35H45N5O3. The number of ether oxygens (including phenoxy) is 1. The number of fused-ring (bicyclic) bond motifs is 2. The van der Waals surface area contributed by atoms with Crippen molar-refractivity contribution < 1.29 is 14.6 Å². The number of carbonyl (C=O) groups is 1. The molecule has 0 amide bonds. The van der Waals surface area contributed by atoms with Gasteiger partial charge in [-0.25, -0.2) is 5.84 Å². The second-order valence-corrected chi connectivity index (χ2v) is 12.1. The number of rotatable bonds is 10.